The van der Waals surface area contributed by atoms with Gasteiger partial charge in [0, 0.05) is 6.20 Å². The van der Waals surface area contributed by atoms with E-state index >= 15 is 0 Å². The van der Waals surface area contributed by atoms with Crippen LogP contribution in [0, 0.1) is 0 Å². The van der Waals surface area contributed by atoms with Gasteiger partial charge in [0.2, 0.25) is 0 Å². The zero-order chi connectivity index (χ0) is 9.30. The van der Waals surface area contributed by atoms with Crippen molar-refractivity contribution in [3.63, 3.8) is 0 Å². The molecule has 0 spiro atoms. The Morgan fingerprint density at radius 2 is 2.50 bits per heavy atom. The van der Waals surface area contributed by atoms with Crippen molar-refractivity contribution in [2.24, 2.45) is 0 Å². The van der Waals surface area contributed by atoms with Crippen LogP contribution in [0.1, 0.15) is 13.0 Å². The van der Waals surface area contributed by atoms with Crippen molar-refractivity contribution in [1.82, 2.24) is 9.78 Å². The van der Waals surface area contributed by atoms with E-state index in [4.69, 9.17) is 10.8 Å². The fourth-order valence-corrected chi connectivity index (χ4v) is 0.984. The van der Waals surface area contributed by atoms with Crippen LogP contribution >= 0.6 is 15.9 Å². The summed E-state index contributed by atoms with van der Waals surface area (Å²) in [4.78, 5) is 10.5. The van der Waals surface area contributed by atoms with Crippen LogP contribution in [0.4, 0.5) is 5.82 Å². The van der Waals surface area contributed by atoms with Gasteiger partial charge in [-0.3, -0.25) is 4.68 Å². The molecule has 6 heteroatoms. The maximum Gasteiger partial charge on any atom is 0.328 e. The summed E-state index contributed by atoms with van der Waals surface area (Å²) in [7, 11) is 0. The number of carboxylic acids is 1. The standard InChI is InChI=1S/C6H8BrN3O2/c1-3(6(11)12)10-2-4(7)5(8)9-10/h2-3H,1H3,(H2,8,9)(H,11,12). The van der Waals surface area contributed by atoms with Gasteiger partial charge in [-0.15, -0.1) is 0 Å². The number of halogens is 1. The van der Waals surface area contributed by atoms with Crippen molar-refractivity contribution in [3.8, 4) is 0 Å². The van der Waals surface area contributed by atoms with Gasteiger partial charge in [-0.1, -0.05) is 0 Å². The molecule has 1 unspecified atom stereocenters. The number of nitrogen functional groups attached to an aromatic ring is 1. The number of carboxylic acid groups (broad SMARTS) is 1. The van der Waals surface area contributed by atoms with Crippen molar-refractivity contribution in [1.29, 1.82) is 0 Å². The lowest BCUT2D eigenvalue weighted by Crippen LogP contribution is -2.16. The summed E-state index contributed by atoms with van der Waals surface area (Å²) in [6, 6.07) is -0.696. The van der Waals surface area contributed by atoms with Crippen LogP contribution in [-0.4, -0.2) is 20.9 Å². The van der Waals surface area contributed by atoms with Crippen molar-refractivity contribution < 1.29 is 9.90 Å². The number of nitrogens with zero attached hydrogens (tertiary/aromatic N) is 2. The van der Waals surface area contributed by atoms with Gasteiger partial charge in [0.05, 0.1) is 4.47 Å². The Hall–Kier alpha value is -1.04. The summed E-state index contributed by atoms with van der Waals surface area (Å²) in [5.41, 5.74) is 5.41. The second-order valence-electron chi connectivity index (χ2n) is 2.36. The quantitative estimate of drug-likeness (QED) is 0.795. The molecule has 66 valence electrons. The molecule has 1 atom stereocenters. The Bertz CT molecular complexity index is 290. The Morgan fingerprint density at radius 1 is 1.92 bits per heavy atom. The molecule has 0 bridgehead atoms. The first kappa shape index (κ1) is 9.05. The zero-order valence-corrected chi connectivity index (χ0v) is 7.95. The van der Waals surface area contributed by atoms with E-state index in [1.807, 2.05) is 0 Å². The molecule has 0 saturated carbocycles. The normalized spacial score (nSPS) is 12.8. The fraction of sp³-hybridized carbons (Fsp3) is 0.333. The first-order valence-electron chi connectivity index (χ1n) is 3.25. The number of nitrogens with two attached hydrogens (primary N) is 1. The molecule has 0 radical (unpaired) electrons. The predicted molar refractivity (Wildman–Crippen MR) is 46.7 cm³/mol. The van der Waals surface area contributed by atoms with Crippen molar-refractivity contribution >= 4 is 27.7 Å². The van der Waals surface area contributed by atoms with Gasteiger partial charge in [-0.05, 0) is 22.9 Å². The van der Waals surface area contributed by atoms with Crippen molar-refractivity contribution in [2.45, 2.75) is 13.0 Å². The zero-order valence-electron chi connectivity index (χ0n) is 6.36. The molecule has 0 fully saturated rings. The van der Waals surface area contributed by atoms with Crippen LogP contribution in [0.25, 0.3) is 0 Å². The van der Waals surface area contributed by atoms with Crippen LogP contribution in [0.2, 0.25) is 0 Å². The lowest BCUT2D eigenvalue weighted by molar-refractivity contribution is -0.140. The number of hydrogen-bond acceptors (Lipinski definition) is 3. The molecular weight excluding hydrogens is 226 g/mol. The number of anilines is 1. The van der Waals surface area contributed by atoms with E-state index in [0.29, 0.717) is 10.3 Å². The topological polar surface area (TPSA) is 81.1 Å². The molecule has 0 aliphatic rings. The summed E-state index contributed by atoms with van der Waals surface area (Å²) in [5, 5.41) is 12.4. The van der Waals surface area contributed by atoms with Gasteiger partial charge in [0.1, 0.15) is 6.04 Å². The summed E-state index contributed by atoms with van der Waals surface area (Å²) in [5.74, 6) is -0.645. The second kappa shape index (κ2) is 3.14. The van der Waals surface area contributed by atoms with E-state index in [1.54, 1.807) is 0 Å². The average molecular weight is 234 g/mol. The summed E-state index contributed by atoms with van der Waals surface area (Å²) >= 11 is 3.13. The molecule has 1 rings (SSSR count). The minimum atomic E-state index is -0.940. The minimum Gasteiger partial charge on any atom is -0.480 e. The molecule has 5 nitrogen and oxygen atoms in total. The highest BCUT2D eigenvalue weighted by Gasteiger charge is 2.15. The van der Waals surface area contributed by atoms with Gasteiger partial charge < -0.3 is 10.8 Å². The molecule has 0 aliphatic carbocycles. The van der Waals surface area contributed by atoms with Crippen LogP contribution in [0.3, 0.4) is 0 Å². The van der Waals surface area contributed by atoms with Crippen LogP contribution in [0.5, 0.6) is 0 Å². The van der Waals surface area contributed by atoms with E-state index < -0.39 is 12.0 Å². The highest BCUT2D eigenvalue weighted by molar-refractivity contribution is 9.10. The number of hydrogen-bond donors (Lipinski definition) is 2. The number of carbonyl (C=O) groups is 1. The maximum atomic E-state index is 10.5. The molecule has 1 aromatic heterocycles. The van der Waals surface area contributed by atoms with Gasteiger partial charge in [0.25, 0.3) is 0 Å². The summed E-state index contributed by atoms with van der Waals surface area (Å²) in [6.07, 6.45) is 1.54. The van der Waals surface area contributed by atoms with Crippen molar-refractivity contribution in [2.75, 3.05) is 5.73 Å². The molecule has 0 saturated heterocycles. The highest BCUT2D eigenvalue weighted by atomic mass is 79.9. The SMILES string of the molecule is CC(C(=O)O)n1cc(Br)c(N)n1. The smallest absolute Gasteiger partial charge is 0.328 e. The first-order valence-corrected chi connectivity index (χ1v) is 4.04. The first-order chi connectivity index (χ1) is 5.52. The van der Waals surface area contributed by atoms with Gasteiger partial charge in [-0.25, -0.2) is 4.79 Å². The molecule has 0 amide bonds. The van der Waals surface area contributed by atoms with Gasteiger partial charge >= 0.3 is 5.97 Å². The van der Waals surface area contributed by atoms with Gasteiger partial charge in [-0.2, -0.15) is 5.10 Å². The van der Waals surface area contributed by atoms with Crippen LogP contribution < -0.4 is 5.73 Å². The largest absolute Gasteiger partial charge is 0.480 e. The van der Waals surface area contributed by atoms with E-state index in [9.17, 15) is 4.79 Å². The lowest BCUT2D eigenvalue weighted by Gasteiger charge is -2.04. The second-order valence-corrected chi connectivity index (χ2v) is 3.21. The van der Waals surface area contributed by atoms with E-state index in [1.165, 1.54) is 17.8 Å². The Morgan fingerprint density at radius 3 is 2.83 bits per heavy atom. The molecular formula is C6H8BrN3O2. The molecule has 1 aromatic rings. The summed E-state index contributed by atoms with van der Waals surface area (Å²) in [6.45, 7) is 1.53. The van der Waals surface area contributed by atoms with Crippen LogP contribution in [0.15, 0.2) is 10.7 Å². The Kier molecular flexibility index (Phi) is 2.37. The third-order valence-corrected chi connectivity index (χ3v) is 2.08. The molecule has 12 heavy (non-hydrogen) atoms. The molecule has 0 aliphatic heterocycles. The minimum absolute atomic E-state index is 0.295. The highest BCUT2D eigenvalue weighted by Crippen LogP contribution is 2.18. The summed E-state index contributed by atoms with van der Waals surface area (Å²) < 4.78 is 1.90. The van der Waals surface area contributed by atoms with Gasteiger partial charge in [0.15, 0.2) is 5.82 Å². The monoisotopic (exact) mass is 233 g/mol. The van der Waals surface area contributed by atoms with Crippen LogP contribution in [-0.2, 0) is 4.79 Å². The third-order valence-electron chi connectivity index (χ3n) is 1.47. The maximum absolute atomic E-state index is 10.5. The Labute approximate surface area is 77.3 Å². The molecule has 0 aromatic carbocycles. The fourth-order valence-electron chi connectivity index (χ4n) is 0.695. The number of aliphatic carboxylic acids is 1. The number of rotatable bonds is 2. The third kappa shape index (κ3) is 1.58. The van der Waals surface area contributed by atoms with E-state index in [0.717, 1.165) is 0 Å². The Balaban J connectivity index is 2.96. The van der Waals surface area contributed by atoms with E-state index in [2.05, 4.69) is 21.0 Å². The molecule has 3 N–H and O–H groups in total. The van der Waals surface area contributed by atoms with E-state index in [-0.39, 0.29) is 0 Å². The van der Waals surface area contributed by atoms with Crippen molar-refractivity contribution in [3.05, 3.63) is 10.7 Å². The predicted octanol–water partition coefficient (Wildman–Crippen LogP) is 0.873. The lowest BCUT2D eigenvalue weighted by atomic mass is 10.4. The molecule has 1 heterocycles. The average Bonchev–Trinajstić information content (AvgIpc) is 2.30. The number of aromatic nitrogens is 2.